The third-order valence-corrected chi connectivity index (χ3v) is 4.06. The predicted molar refractivity (Wildman–Crippen MR) is 73.5 cm³/mol. The van der Waals surface area contributed by atoms with Crippen LogP contribution in [0.15, 0.2) is 0 Å². The minimum absolute atomic E-state index is 0.0119. The predicted octanol–water partition coefficient (Wildman–Crippen LogP) is 1.37. The average Bonchev–Trinajstić information content (AvgIpc) is 2.42. The van der Waals surface area contributed by atoms with Gasteiger partial charge in [0, 0.05) is 12.5 Å². The molecule has 0 spiro atoms. The molecule has 1 amide bonds. The van der Waals surface area contributed by atoms with E-state index in [1.165, 1.54) is 0 Å². The third kappa shape index (κ3) is 5.19. The Morgan fingerprint density at radius 3 is 2.42 bits per heavy atom. The van der Waals surface area contributed by atoms with Crippen LogP contribution in [-0.2, 0) is 9.59 Å². The lowest BCUT2D eigenvalue weighted by molar-refractivity contribution is -0.142. The largest absolute Gasteiger partial charge is 0.481 e. The Labute approximate surface area is 114 Å². The van der Waals surface area contributed by atoms with Crippen LogP contribution in [0.3, 0.4) is 0 Å². The van der Waals surface area contributed by atoms with E-state index in [-0.39, 0.29) is 18.4 Å². The molecule has 1 aliphatic rings. The molecule has 5 nitrogen and oxygen atoms in total. The Morgan fingerprint density at radius 2 is 1.95 bits per heavy atom. The Balaban J connectivity index is 2.32. The number of amides is 1. The molecule has 0 saturated heterocycles. The zero-order valence-electron chi connectivity index (χ0n) is 11.7. The first-order valence-corrected chi connectivity index (χ1v) is 7.29. The minimum Gasteiger partial charge on any atom is -0.481 e. The number of hydrogen-bond acceptors (Lipinski definition) is 3. The molecule has 1 atom stereocenters. The normalized spacial score (nSPS) is 24.7. The van der Waals surface area contributed by atoms with E-state index in [0.717, 1.165) is 32.1 Å². The zero-order chi connectivity index (χ0) is 14.3. The average molecular weight is 270 g/mol. The molecule has 1 fully saturated rings. The molecule has 0 aromatic rings. The van der Waals surface area contributed by atoms with Crippen molar-refractivity contribution in [3.8, 4) is 0 Å². The minimum atomic E-state index is -0.825. The van der Waals surface area contributed by atoms with Crippen molar-refractivity contribution in [3.63, 3.8) is 0 Å². The lowest BCUT2D eigenvalue weighted by Crippen LogP contribution is -2.38. The van der Waals surface area contributed by atoms with E-state index in [1.807, 2.05) is 6.92 Å². The highest BCUT2D eigenvalue weighted by atomic mass is 16.4. The first-order chi connectivity index (χ1) is 9.08. The lowest BCUT2D eigenvalue weighted by atomic mass is 9.81. The number of carbonyl (C=O) groups is 2. The second kappa shape index (κ2) is 8.15. The summed E-state index contributed by atoms with van der Waals surface area (Å²) >= 11 is 0. The molecule has 0 bridgehead atoms. The van der Waals surface area contributed by atoms with E-state index < -0.39 is 11.9 Å². The molecule has 1 unspecified atom stereocenters. The fourth-order valence-corrected chi connectivity index (χ4v) is 2.69. The maximum atomic E-state index is 12.0. The van der Waals surface area contributed by atoms with E-state index in [0.29, 0.717) is 18.9 Å². The highest BCUT2D eigenvalue weighted by Gasteiger charge is 2.26. The van der Waals surface area contributed by atoms with Gasteiger partial charge in [-0.1, -0.05) is 13.3 Å². The second-order valence-corrected chi connectivity index (χ2v) is 5.52. The first-order valence-electron chi connectivity index (χ1n) is 7.29. The summed E-state index contributed by atoms with van der Waals surface area (Å²) < 4.78 is 0. The van der Waals surface area contributed by atoms with Gasteiger partial charge in [0.15, 0.2) is 0 Å². The van der Waals surface area contributed by atoms with Gasteiger partial charge in [0.05, 0.1) is 5.92 Å². The molecular formula is C14H26N2O3. The number of nitrogens with one attached hydrogen (secondary N) is 1. The van der Waals surface area contributed by atoms with E-state index >= 15 is 0 Å². The number of hydrogen-bond donors (Lipinski definition) is 3. The summed E-state index contributed by atoms with van der Waals surface area (Å²) in [6.07, 6.45) is 5.18. The summed E-state index contributed by atoms with van der Waals surface area (Å²) in [7, 11) is 0. The number of carboxylic acid groups (broad SMARTS) is 1. The summed E-state index contributed by atoms with van der Waals surface area (Å²) in [5.74, 6) is -0.684. The van der Waals surface area contributed by atoms with Crippen LogP contribution in [0.25, 0.3) is 0 Å². The van der Waals surface area contributed by atoms with Crippen LogP contribution in [0.4, 0.5) is 0 Å². The molecule has 4 N–H and O–H groups in total. The van der Waals surface area contributed by atoms with Crippen LogP contribution in [-0.4, -0.2) is 30.1 Å². The number of rotatable bonds is 7. The zero-order valence-corrected chi connectivity index (χ0v) is 11.7. The highest BCUT2D eigenvalue weighted by molar-refractivity contribution is 5.79. The summed E-state index contributed by atoms with van der Waals surface area (Å²) in [6.45, 7) is 2.90. The van der Waals surface area contributed by atoms with E-state index in [2.05, 4.69) is 5.32 Å². The molecule has 0 radical (unpaired) electrons. The van der Waals surface area contributed by atoms with Gasteiger partial charge in [0.25, 0.3) is 0 Å². The molecule has 1 rings (SSSR count). The Kier molecular flexibility index (Phi) is 6.84. The molecule has 1 saturated carbocycles. The molecule has 0 aromatic heterocycles. The van der Waals surface area contributed by atoms with Crippen molar-refractivity contribution < 1.29 is 14.7 Å². The quantitative estimate of drug-likeness (QED) is 0.651. The van der Waals surface area contributed by atoms with Crippen LogP contribution >= 0.6 is 0 Å². The summed E-state index contributed by atoms with van der Waals surface area (Å²) in [4.78, 5) is 23.0. The monoisotopic (exact) mass is 270 g/mol. The SMILES string of the molecule is CCCC(CNC(=O)C1CCC(CN)CC1)C(=O)O. The van der Waals surface area contributed by atoms with E-state index in [9.17, 15) is 9.59 Å². The lowest BCUT2D eigenvalue weighted by Gasteiger charge is -2.27. The molecule has 5 heteroatoms. The summed E-state index contributed by atoms with van der Waals surface area (Å²) in [6, 6.07) is 0. The fraction of sp³-hybridized carbons (Fsp3) is 0.857. The number of carbonyl (C=O) groups excluding carboxylic acids is 1. The van der Waals surface area contributed by atoms with E-state index in [1.54, 1.807) is 0 Å². The van der Waals surface area contributed by atoms with Crippen LogP contribution in [0, 0.1) is 17.8 Å². The van der Waals surface area contributed by atoms with Crippen LogP contribution in [0.1, 0.15) is 45.4 Å². The summed E-state index contributed by atoms with van der Waals surface area (Å²) in [5.41, 5.74) is 5.62. The van der Waals surface area contributed by atoms with Gasteiger partial charge in [-0.2, -0.15) is 0 Å². The van der Waals surface area contributed by atoms with Crippen molar-refractivity contribution in [1.82, 2.24) is 5.32 Å². The van der Waals surface area contributed by atoms with Gasteiger partial charge in [0.2, 0.25) is 5.91 Å². The molecule has 19 heavy (non-hydrogen) atoms. The van der Waals surface area contributed by atoms with Crippen molar-refractivity contribution >= 4 is 11.9 Å². The smallest absolute Gasteiger partial charge is 0.308 e. The van der Waals surface area contributed by atoms with Gasteiger partial charge < -0.3 is 16.2 Å². The number of aliphatic carboxylic acids is 1. The van der Waals surface area contributed by atoms with Crippen molar-refractivity contribution in [1.29, 1.82) is 0 Å². The van der Waals surface area contributed by atoms with Crippen LogP contribution in [0.5, 0.6) is 0 Å². The van der Waals surface area contributed by atoms with Gasteiger partial charge in [0.1, 0.15) is 0 Å². The van der Waals surface area contributed by atoms with Crippen LogP contribution in [0.2, 0.25) is 0 Å². The first kappa shape index (κ1) is 16.0. The van der Waals surface area contributed by atoms with Gasteiger partial charge in [-0.15, -0.1) is 0 Å². The van der Waals surface area contributed by atoms with Gasteiger partial charge in [-0.3, -0.25) is 9.59 Å². The Morgan fingerprint density at radius 1 is 1.32 bits per heavy atom. The Hall–Kier alpha value is -1.10. The molecule has 110 valence electrons. The summed E-state index contributed by atoms with van der Waals surface area (Å²) in [5, 5.41) is 11.8. The van der Waals surface area contributed by atoms with Crippen molar-refractivity contribution in [2.45, 2.75) is 45.4 Å². The molecule has 0 heterocycles. The third-order valence-electron chi connectivity index (χ3n) is 4.06. The highest BCUT2D eigenvalue weighted by Crippen LogP contribution is 2.28. The number of carboxylic acids is 1. The second-order valence-electron chi connectivity index (χ2n) is 5.52. The van der Waals surface area contributed by atoms with Crippen LogP contribution < -0.4 is 11.1 Å². The van der Waals surface area contributed by atoms with Gasteiger partial charge in [-0.25, -0.2) is 0 Å². The molecular weight excluding hydrogens is 244 g/mol. The van der Waals surface area contributed by atoms with E-state index in [4.69, 9.17) is 10.8 Å². The maximum Gasteiger partial charge on any atom is 0.308 e. The van der Waals surface area contributed by atoms with Crippen molar-refractivity contribution in [2.24, 2.45) is 23.5 Å². The molecule has 0 aromatic carbocycles. The van der Waals surface area contributed by atoms with Gasteiger partial charge >= 0.3 is 5.97 Å². The van der Waals surface area contributed by atoms with Crippen molar-refractivity contribution in [3.05, 3.63) is 0 Å². The van der Waals surface area contributed by atoms with Crippen molar-refractivity contribution in [2.75, 3.05) is 13.1 Å². The topological polar surface area (TPSA) is 92.4 Å². The molecule has 1 aliphatic carbocycles. The van der Waals surface area contributed by atoms with Gasteiger partial charge in [-0.05, 0) is 44.6 Å². The fourth-order valence-electron chi connectivity index (χ4n) is 2.69. The number of nitrogens with two attached hydrogens (primary N) is 1. The maximum absolute atomic E-state index is 12.0. The molecule has 0 aliphatic heterocycles. The standard InChI is InChI=1S/C14H26N2O3/c1-2-3-12(14(18)19)9-16-13(17)11-6-4-10(8-15)5-7-11/h10-12H,2-9,15H2,1H3,(H,16,17)(H,18,19). The Bertz CT molecular complexity index is 299.